The van der Waals surface area contributed by atoms with Crippen LogP contribution in [0.3, 0.4) is 0 Å². The van der Waals surface area contributed by atoms with Crippen molar-refractivity contribution in [2.75, 3.05) is 32.8 Å². The lowest BCUT2D eigenvalue weighted by Crippen LogP contribution is -2.49. The van der Waals surface area contributed by atoms with E-state index in [1.165, 1.54) is 6.42 Å². The Labute approximate surface area is 107 Å². The third-order valence-electron chi connectivity index (χ3n) is 3.36. The minimum atomic E-state index is 0.390. The van der Waals surface area contributed by atoms with Crippen LogP contribution in [0.25, 0.3) is 0 Å². The van der Waals surface area contributed by atoms with Crippen LogP contribution < -0.4 is 5.32 Å². The van der Waals surface area contributed by atoms with Crippen molar-refractivity contribution in [3.8, 4) is 0 Å². The Bertz CT molecular complexity index is 213. The van der Waals surface area contributed by atoms with Crippen molar-refractivity contribution in [1.82, 2.24) is 10.2 Å². The molecule has 3 nitrogen and oxygen atoms in total. The highest BCUT2D eigenvalue weighted by Crippen LogP contribution is 2.16. The Morgan fingerprint density at radius 1 is 1.24 bits per heavy atom. The van der Waals surface area contributed by atoms with E-state index < -0.39 is 0 Å². The monoisotopic (exact) mass is 242 g/mol. The number of nitrogens with zero attached hydrogens (tertiary/aromatic N) is 1. The summed E-state index contributed by atoms with van der Waals surface area (Å²) in [5, 5.41) is 3.54. The zero-order valence-corrected chi connectivity index (χ0v) is 12.3. The van der Waals surface area contributed by atoms with Crippen LogP contribution in [0, 0.1) is 5.41 Å². The summed E-state index contributed by atoms with van der Waals surface area (Å²) in [5.41, 5.74) is 0.438. The summed E-state index contributed by atoms with van der Waals surface area (Å²) in [4.78, 5) is 2.53. The summed E-state index contributed by atoms with van der Waals surface area (Å²) >= 11 is 0. The molecule has 0 amide bonds. The molecule has 2 unspecified atom stereocenters. The standard InChI is InChI=1S/C14H30N2O/c1-12-11-17-13(2)10-16(12)9-8-15-7-6-14(3,4)5/h12-13,15H,6-11H2,1-5H3. The molecule has 1 saturated heterocycles. The quantitative estimate of drug-likeness (QED) is 0.747. The Balaban J connectivity index is 2.09. The molecule has 1 aliphatic heterocycles. The third kappa shape index (κ3) is 6.39. The van der Waals surface area contributed by atoms with E-state index in [0.29, 0.717) is 17.6 Å². The second kappa shape index (κ2) is 6.72. The Morgan fingerprint density at radius 2 is 1.94 bits per heavy atom. The predicted octanol–water partition coefficient (Wildman–Crippen LogP) is 2.12. The lowest BCUT2D eigenvalue weighted by molar-refractivity contribution is -0.0486. The molecule has 0 aliphatic carbocycles. The van der Waals surface area contributed by atoms with E-state index in [2.05, 4.69) is 44.8 Å². The molecule has 0 spiro atoms. The van der Waals surface area contributed by atoms with Crippen molar-refractivity contribution in [3.63, 3.8) is 0 Å². The molecule has 1 N–H and O–H groups in total. The molecule has 1 heterocycles. The van der Waals surface area contributed by atoms with Crippen molar-refractivity contribution < 1.29 is 4.74 Å². The molecule has 17 heavy (non-hydrogen) atoms. The van der Waals surface area contributed by atoms with Gasteiger partial charge < -0.3 is 10.1 Å². The van der Waals surface area contributed by atoms with Gasteiger partial charge in [-0.1, -0.05) is 20.8 Å². The first-order valence-corrected chi connectivity index (χ1v) is 6.95. The van der Waals surface area contributed by atoms with Gasteiger partial charge in [-0.3, -0.25) is 4.90 Å². The van der Waals surface area contributed by atoms with Gasteiger partial charge in [-0.2, -0.15) is 0 Å². The maximum Gasteiger partial charge on any atom is 0.0674 e. The van der Waals surface area contributed by atoms with Crippen LogP contribution in [0.4, 0.5) is 0 Å². The van der Waals surface area contributed by atoms with Crippen molar-refractivity contribution in [2.45, 2.75) is 53.2 Å². The van der Waals surface area contributed by atoms with E-state index in [1.54, 1.807) is 0 Å². The maximum absolute atomic E-state index is 5.63. The highest BCUT2D eigenvalue weighted by molar-refractivity contribution is 4.75. The molecule has 0 aromatic heterocycles. The van der Waals surface area contributed by atoms with Crippen molar-refractivity contribution >= 4 is 0 Å². The SMILES string of the molecule is CC1CN(CCNCCC(C)(C)C)C(C)CO1. The second-order valence-electron chi connectivity index (χ2n) is 6.55. The molecule has 0 saturated carbocycles. The normalized spacial score (nSPS) is 27.4. The summed E-state index contributed by atoms with van der Waals surface area (Å²) in [6, 6.07) is 0.565. The summed E-state index contributed by atoms with van der Waals surface area (Å²) in [5.74, 6) is 0. The van der Waals surface area contributed by atoms with Gasteiger partial charge in [0.2, 0.25) is 0 Å². The van der Waals surface area contributed by atoms with Gasteiger partial charge >= 0.3 is 0 Å². The van der Waals surface area contributed by atoms with E-state index in [-0.39, 0.29) is 0 Å². The first-order chi connectivity index (χ1) is 7.88. The second-order valence-corrected chi connectivity index (χ2v) is 6.55. The van der Waals surface area contributed by atoms with E-state index in [9.17, 15) is 0 Å². The minimum absolute atomic E-state index is 0.390. The highest BCUT2D eigenvalue weighted by Gasteiger charge is 2.22. The van der Waals surface area contributed by atoms with Crippen LogP contribution in [0.2, 0.25) is 0 Å². The Morgan fingerprint density at radius 3 is 2.59 bits per heavy atom. The van der Waals surface area contributed by atoms with Gasteiger partial charge in [-0.15, -0.1) is 0 Å². The lowest BCUT2D eigenvalue weighted by Gasteiger charge is -2.36. The number of nitrogens with one attached hydrogen (secondary N) is 1. The maximum atomic E-state index is 5.63. The van der Waals surface area contributed by atoms with Gasteiger partial charge in [-0.25, -0.2) is 0 Å². The van der Waals surface area contributed by atoms with Gasteiger partial charge in [0.15, 0.2) is 0 Å². The highest BCUT2D eigenvalue weighted by atomic mass is 16.5. The van der Waals surface area contributed by atoms with Crippen LogP contribution in [-0.2, 0) is 4.74 Å². The first-order valence-electron chi connectivity index (χ1n) is 6.95. The average Bonchev–Trinajstić information content (AvgIpc) is 2.21. The van der Waals surface area contributed by atoms with Gasteiger partial charge in [0.25, 0.3) is 0 Å². The molecule has 2 atom stereocenters. The van der Waals surface area contributed by atoms with Crippen LogP contribution in [0.5, 0.6) is 0 Å². The topological polar surface area (TPSA) is 24.5 Å². The number of morpholine rings is 1. The smallest absolute Gasteiger partial charge is 0.0674 e. The molecular formula is C14H30N2O. The van der Waals surface area contributed by atoms with Crippen molar-refractivity contribution in [2.24, 2.45) is 5.41 Å². The molecule has 1 fully saturated rings. The van der Waals surface area contributed by atoms with Crippen molar-refractivity contribution in [3.05, 3.63) is 0 Å². The number of ether oxygens (including phenoxy) is 1. The molecule has 102 valence electrons. The predicted molar refractivity (Wildman–Crippen MR) is 73.4 cm³/mol. The number of rotatable bonds is 5. The van der Waals surface area contributed by atoms with Gasteiger partial charge in [-0.05, 0) is 32.2 Å². The summed E-state index contributed by atoms with van der Waals surface area (Å²) in [6.07, 6.45) is 1.63. The van der Waals surface area contributed by atoms with Crippen LogP contribution >= 0.6 is 0 Å². The lowest BCUT2D eigenvalue weighted by atomic mass is 9.92. The first kappa shape index (κ1) is 14.9. The largest absolute Gasteiger partial charge is 0.376 e. The Hall–Kier alpha value is -0.120. The fraction of sp³-hybridized carbons (Fsp3) is 1.00. The van der Waals surface area contributed by atoms with Crippen LogP contribution in [-0.4, -0.2) is 49.8 Å². The minimum Gasteiger partial charge on any atom is -0.376 e. The zero-order chi connectivity index (χ0) is 12.9. The van der Waals surface area contributed by atoms with E-state index in [0.717, 1.165) is 32.8 Å². The molecule has 3 heteroatoms. The summed E-state index contributed by atoms with van der Waals surface area (Å²) in [7, 11) is 0. The van der Waals surface area contributed by atoms with Gasteiger partial charge in [0, 0.05) is 25.7 Å². The third-order valence-corrected chi connectivity index (χ3v) is 3.36. The van der Waals surface area contributed by atoms with Crippen LogP contribution in [0.15, 0.2) is 0 Å². The zero-order valence-electron chi connectivity index (χ0n) is 12.3. The molecule has 0 aromatic rings. The fourth-order valence-electron chi connectivity index (χ4n) is 2.09. The molecule has 0 aromatic carbocycles. The molecule has 1 aliphatic rings. The van der Waals surface area contributed by atoms with Gasteiger partial charge in [0.1, 0.15) is 0 Å². The van der Waals surface area contributed by atoms with Gasteiger partial charge in [0.05, 0.1) is 12.7 Å². The van der Waals surface area contributed by atoms with E-state index in [4.69, 9.17) is 4.74 Å². The molecule has 0 bridgehead atoms. The molecule has 0 radical (unpaired) electrons. The van der Waals surface area contributed by atoms with E-state index >= 15 is 0 Å². The van der Waals surface area contributed by atoms with Crippen molar-refractivity contribution in [1.29, 1.82) is 0 Å². The fourth-order valence-corrected chi connectivity index (χ4v) is 2.09. The summed E-state index contributed by atoms with van der Waals surface area (Å²) < 4.78 is 5.63. The van der Waals surface area contributed by atoms with Crippen LogP contribution in [0.1, 0.15) is 41.0 Å². The molecular weight excluding hydrogens is 212 g/mol. The Kier molecular flexibility index (Phi) is 5.90. The molecule has 1 rings (SSSR count). The number of hydrogen-bond donors (Lipinski definition) is 1. The van der Waals surface area contributed by atoms with E-state index in [1.807, 2.05) is 0 Å². The summed E-state index contributed by atoms with van der Waals surface area (Å²) in [6.45, 7) is 16.6. The average molecular weight is 242 g/mol. The number of hydrogen-bond acceptors (Lipinski definition) is 3.